The molecule has 2 N–H and O–H groups in total. The molecule has 0 heterocycles. The van der Waals surface area contributed by atoms with E-state index in [1.807, 2.05) is 32.9 Å². The normalized spacial score (nSPS) is 15.8. The highest BCUT2D eigenvalue weighted by Gasteiger charge is 2.36. The first-order chi connectivity index (χ1) is 13.1. The molecule has 1 aliphatic carbocycles. The van der Waals surface area contributed by atoms with Gasteiger partial charge in [0.15, 0.2) is 0 Å². The van der Waals surface area contributed by atoms with Crippen molar-refractivity contribution in [3.63, 3.8) is 0 Å². The molecule has 0 aromatic heterocycles. The van der Waals surface area contributed by atoms with Gasteiger partial charge in [0.25, 0.3) is 0 Å². The van der Waals surface area contributed by atoms with Gasteiger partial charge in [-0.2, -0.15) is 0 Å². The first-order valence-electron chi connectivity index (χ1n) is 9.73. The average Bonchev–Trinajstić information content (AvgIpc) is 3.06. The number of carbonyl (C=O) groups excluding carboxylic acids is 2. The predicted octanol–water partition coefficient (Wildman–Crippen LogP) is 4.23. The van der Waals surface area contributed by atoms with Crippen LogP contribution in [-0.4, -0.2) is 36.8 Å². The highest BCUT2D eigenvalue weighted by molar-refractivity contribution is 6.32. The first kappa shape index (κ1) is 22.3. The van der Waals surface area contributed by atoms with E-state index in [2.05, 4.69) is 10.6 Å². The minimum atomic E-state index is -0.546. The fourth-order valence-corrected chi connectivity index (χ4v) is 3.72. The van der Waals surface area contributed by atoms with Crippen LogP contribution in [0, 0.1) is 0 Å². The Bertz CT molecular complexity index is 694. The van der Waals surface area contributed by atoms with Gasteiger partial charge in [-0.1, -0.05) is 30.5 Å². The zero-order valence-corrected chi connectivity index (χ0v) is 17.9. The molecule has 2 rings (SSSR count). The summed E-state index contributed by atoms with van der Waals surface area (Å²) in [5, 5.41) is 6.50. The molecular weight excluding hydrogens is 380 g/mol. The average molecular weight is 411 g/mol. The van der Waals surface area contributed by atoms with Crippen LogP contribution in [0.25, 0.3) is 0 Å². The summed E-state index contributed by atoms with van der Waals surface area (Å²) in [6.45, 7) is 5.85. The SMILES string of the molecule is COc1ccc(CCC(=O)NC2(CNC(=O)OC(C)(C)C)CCCC2)cc1Cl. The van der Waals surface area contributed by atoms with Crippen LogP contribution in [0.4, 0.5) is 4.79 Å². The van der Waals surface area contributed by atoms with Crippen molar-refractivity contribution in [2.24, 2.45) is 0 Å². The lowest BCUT2D eigenvalue weighted by atomic mass is 9.96. The number of aryl methyl sites for hydroxylation is 1. The highest BCUT2D eigenvalue weighted by atomic mass is 35.5. The van der Waals surface area contributed by atoms with Gasteiger partial charge in [-0.05, 0) is 57.7 Å². The number of rotatable bonds is 7. The number of amides is 2. The van der Waals surface area contributed by atoms with Crippen molar-refractivity contribution in [2.45, 2.75) is 70.4 Å². The summed E-state index contributed by atoms with van der Waals surface area (Å²) in [5.41, 5.74) is 0.0368. The molecule has 0 atom stereocenters. The summed E-state index contributed by atoms with van der Waals surface area (Å²) in [6, 6.07) is 5.54. The largest absolute Gasteiger partial charge is 0.495 e. The molecule has 0 saturated heterocycles. The van der Waals surface area contributed by atoms with Gasteiger partial charge < -0.3 is 20.1 Å². The van der Waals surface area contributed by atoms with Gasteiger partial charge in [0.2, 0.25) is 5.91 Å². The fraction of sp³-hybridized carbons (Fsp3) is 0.619. The van der Waals surface area contributed by atoms with Gasteiger partial charge in [0.1, 0.15) is 11.4 Å². The molecule has 0 spiro atoms. The highest BCUT2D eigenvalue weighted by Crippen LogP contribution is 2.30. The van der Waals surface area contributed by atoms with Crippen molar-refractivity contribution < 1.29 is 19.1 Å². The lowest BCUT2D eigenvalue weighted by molar-refractivity contribution is -0.123. The van der Waals surface area contributed by atoms with Crippen LogP contribution >= 0.6 is 11.6 Å². The number of carbonyl (C=O) groups is 2. The van der Waals surface area contributed by atoms with E-state index >= 15 is 0 Å². The summed E-state index contributed by atoms with van der Waals surface area (Å²) < 4.78 is 10.4. The second kappa shape index (κ2) is 9.50. The minimum Gasteiger partial charge on any atom is -0.495 e. The molecule has 0 aliphatic heterocycles. The van der Waals surface area contributed by atoms with Gasteiger partial charge in [-0.25, -0.2) is 4.79 Å². The first-order valence-corrected chi connectivity index (χ1v) is 10.1. The van der Waals surface area contributed by atoms with Crippen molar-refractivity contribution in [1.29, 1.82) is 0 Å². The van der Waals surface area contributed by atoms with Crippen molar-refractivity contribution in [1.82, 2.24) is 10.6 Å². The molecular formula is C21H31ClN2O4. The smallest absolute Gasteiger partial charge is 0.407 e. The standard InChI is InChI=1S/C21H31ClN2O4/c1-20(2,3)28-19(26)23-14-21(11-5-6-12-21)24-18(25)10-8-15-7-9-17(27-4)16(22)13-15/h7,9,13H,5-6,8,10-12,14H2,1-4H3,(H,23,26)(H,24,25). The Balaban J connectivity index is 1.88. The molecule has 1 fully saturated rings. The van der Waals surface area contributed by atoms with E-state index < -0.39 is 17.2 Å². The second-order valence-corrected chi connectivity index (χ2v) is 8.77. The van der Waals surface area contributed by atoms with Gasteiger partial charge in [-0.3, -0.25) is 4.79 Å². The molecule has 1 aromatic rings. The summed E-state index contributed by atoms with van der Waals surface area (Å²) in [6.07, 6.45) is 4.25. The van der Waals surface area contributed by atoms with Crippen molar-refractivity contribution in [3.8, 4) is 5.75 Å². The molecule has 1 saturated carbocycles. The molecule has 1 aromatic carbocycles. The maximum absolute atomic E-state index is 12.5. The number of methoxy groups -OCH3 is 1. The monoisotopic (exact) mass is 410 g/mol. The van der Waals surface area contributed by atoms with Gasteiger partial charge in [-0.15, -0.1) is 0 Å². The molecule has 2 amide bonds. The maximum Gasteiger partial charge on any atom is 0.407 e. The third-order valence-electron chi connectivity index (χ3n) is 4.79. The third-order valence-corrected chi connectivity index (χ3v) is 5.09. The Kier molecular flexibility index (Phi) is 7.58. The molecule has 1 aliphatic rings. The molecule has 156 valence electrons. The number of nitrogens with one attached hydrogen (secondary N) is 2. The molecule has 6 nitrogen and oxygen atoms in total. The van der Waals surface area contributed by atoms with Crippen molar-refractivity contribution >= 4 is 23.6 Å². The molecule has 28 heavy (non-hydrogen) atoms. The molecule has 0 radical (unpaired) electrons. The zero-order chi connectivity index (χ0) is 20.8. The molecule has 0 unspecified atom stereocenters. The summed E-state index contributed by atoms with van der Waals surface area (Å²) in [4.78, 5) is 24.5. The van der Waals surface area contributed by atoms with Crippen LogP contribution in [0.1, 0.15) is 58.4 Å². The van der Waals surface area contributed by atoms with Crippen LogP contribution in [0.15, 0.2) is 18.2 Å². The second-order valence-electron chi connectivity index (χ2n) is 8.36. The van der Waals surface area contributed by atoms with Crippen LogP contribution in [0.3, 0.4) is 0 Å². The molecule has 0 bridgehead atoms. The maximum atomic E-state index is 12.5. The summed E-state index contributed by atoms with van der Waals surface area (Å²) in [5.74, 6) is 0.591. The van der Waals surface area contributed by atoms with E-state index in [9.17, 15) is 9.59 Å². The Morgan fingerprint density at radius 2 is 1.89 bits per heavy atom. The lowest BCUT2D eigenvalue weighted by Crippen LogP contribution is -2.54. The van der Waals surface area contributed by atoms with Gasteiger partial charge in [0, 0.05) is 13.0 Å². The minimum absolute atomic E-state index is 0.0279. The Hall–Kier alpha value is -1.95. The van der Waals surface area contributed by atoms with Crippen LogP contribution in [0.2, 0.25) is 5.02 Å². The summed E-state index contributed by atoms with van der Waals surface area (Å²) in [7, 11) is 1.57. The van der Waals surface area contributed by atoms with E-state index in [0.29, 0.717) is 30.2 Å². The fourth-order valence-electron chi connectivity index (χ4n) is 3.43. The van der Waals surface area contributed by atoms with Crippen LogP contribution < -0.4 is 15.4 Å². The topological polar surface area (TPSA) is 76.7 Å². The lowest BCUT2D eigenvalue weighted by Gasteiger charge is -2.31. The summed E-state index contributed by atoms with van der Waals surface area (Å²) >= 11 is 6.14. The van der Waals surface area contributed by atoms with Crippen LogP contribution in [-0.2, 0) is 16.0 Å². The third kappa shape index (κ3) is 6.89. The Morgan fingerprint density at radius 1 is 1.21 bits per heavy atom. The van der Waals surface area contributed by atoms with E-state index in [4.69, 9.17) is 21.1 Å². The number of hydrogen-bond acceptors (Lipinski definition) is 4. The number of benzene rings is 1. The Morgan fingerprint density at radius 3 is 2.46 bits per heavy atom. The number of hydrogen-bond donors (Lipinski definition) is 2. The molecule has 7 heteroatoms. The zero-order valence-electron chi connectivity index (χ0n) is 17.2. The number of halogens is 1. The van der Waals surface area contributed by atoms with Gasteiger partial charge >= 0.3 is 6.09 Å². The van der Waals surface area contributed by atoms with Crippen molar-refractivity contribution in [2.75, 3.05) is 13.7 Å². The van der Waals surface area contributed by atoms with E-state index in [0.717, 1.165) is 31.2 Å². The van der Waals surface area contributed by atoms with E-state index in [1.165, 1.54) is 0 Å². The van der Waals surface area contributed by atoms with Crippen LogP contribution in [0.5, 0.6) is 5.75 Å². The number of ether oxygens (including phenoxy) is 2. The Labute approximate surface area is 172 Å². The van der Waals surface area contributed by atoms with Crippen molar-refractivity contribution in [3.05, 3.63) is 28.8 Å². The van der Waals surface area contributed by atoms with E-state index in [-0.39, 0.29) is 5.91 Å². The van der Waals surface area contributed by atoms with E-state index in [1.54, 1.807) is 13.2 Å². The predicted molar refractivity (Wildman–Crippen MR) is 110 cm³/mol. The number of alkyl carbamates (subject to hydrolysis) is 1. The van der Waals surface area contributed by atoms with Gasteiger partial charge in [0.05, 0.1) is 17.7 Å². The quantitative estimate of drug-likeness (QED) is 0.705.